The van der Waals surface area contributed by atoms with Gasteiger partial charge in [-0.15, -0.1) is 0 Å². The molecule has 1 N–H and O–H groups in total. The largest absolute Gasteiger partial charge is 0.380 e. The fraction of sp³-hybridized carbons (Fsp3) is 0.750. The average molecular weight is 158 g/mol. The molecular formula is C8H18N2O. The van der Waals surface area contributed by atoms with Crippen LogP contribution in [0.3, 0.4) is 0 Å². The van der Waals surface area contributed by atoms with Gasteiger partial charge in [0.25, 0.3) is 0 Å². The Hall–Kier alpha value is -0.540. The predicted molar refractivity (Wildman–Crippen MR) is 47.1 cm³/mol. The Balaban J connectivity index is 3.27. The molecule has 66 valence electrons. The van der Waals surface area contributed by atoms with Crippen molar-refractivity contribution < 1.29 is 4.74 Å². The second-order valence-electron chi connectivity index (χ2n) is 2.11. The Kier molecular flexibility index (Phi) is 7.19. The lowest BCUT2D eigenvalue weighted by Crippen LogP contribution is -2.36. The van der Waals surface area contributed by atoms with E-state index >= 15 is 0 Å². The number of hydrogen-bond acceptors (Lipinski definition) is 3. The summed E-state index contributed by atoms with van der Waals surface area (Å²) in [5, 5.41) is 2.04. The van der Waals surface area contributed by atoms with E-state index in [4.69, 9.17) is 4.74 Å². The number of likely N-dealkylation sites (N-methyl/N-ethyl adjacent to an activating group) is 1. The number of hydrogen-bond donors (Lipinski definition) is 1. The average Bonchev–Trinajstić information content (AvgIpc) is 2.03. The first kappa shape index (κ1) is 10.5. The Morgan fingerprint density at radius 2 is 2.27 bits per heavy atom. The van der Waals surface area contributed by atoms with E-state index in [1.807, 2.05) is 11.9 Å². The molecule has 0 amide bonds. The second kappa shape index (κ2) is 7.57. The van der Waals surface area contributed by atoms with E-state index in [1.165, 1.54) is 0 Å². The maximum atomic E-state index is 5.20. The molecule has 0 aliphatic heterocycles. The van der Waals surface area contributed by atoms with Crippen LogP contribution in [0, 0.1) is 0 Å². The van der Waals surface area contributed by atoms with Gasteiger partial charge in [0.05, 0.1) is 6.61 Å². The van der Waals surface area contributed by atoms with Crippen LogP contribution in [0.2, 0.25) is 0 Å². The third-order valence-corrected chi connectivity index (χ3v) is 1.37. The van der Waals surface area contributed by atoms with Crippen LogP contribution >= 0.6 is 0 Å². The SMILES string of the molecule is C=CNN(CC)CCOCC. The molecule has 0 unspecified atom stereocenters. The van der Waals surface area contributed by atoms with Gasteiger partial charge in [0, 0.05) is 25.9 Å². The summed E-state index contributed by atoms with van der Waals surface area (Å²) in [5.41, 5.74) is 3.01. The van der Waals surface area contributed by atoms with Crippen LogP contribution in [0.25, 0.3) is 0 Å². The third kappa shape index (κ3) is 5.88. The van der Waals surface area contributed by atoms with Crippen molar-refractivity contribution in [3.8, 4) is 0 Å². The van der Waals surface area contributed by atoms with Crippen molar-refractivity contribution in [1.29, 1.82) is 0 Å². The quantitative estimate of drug-likeness (QED) is 0.442. The minimum Gasteiger partial charge on any atom is -0.380 e. The standard InChI is InChI=1S/C8H18N2O/c1-4-9-10(5-2)7-8-11-6-3/h4,9H,1,5-8H2,2-3H3. The summed E-state index contributed by atoms with van der Waals surface area (Å²) in [5.74, 6) is 0. The van der Waals surface area contributed by atoms with E-state index in [9.17, 15) is 0 Å². The lowest BCUT2D eigenvalue weighted by molar-refractivity contribution is 0.102. The van der Waals surface area contributed by atoms with Crippen LogP contribution in [0.15, 0.2) is 12.8 Å². The first-order chi connectivity index (χ1) is 5.35. The maximum Gasteiger partial charge on any atom is 0.0611 e. The van der Waals surface area contributed by atoms with Gasteiger partial charge in [0.15, 0.2) is 0 Å². The Labute approximate surface area is 69.0 Å². The molecule has 0 aromatic heterocycles. The number of nitrogens with zero attached hydrogens (tertiary/aromatic N) is 1. The van der Waals surface area contributed by atoms with Crippen molar-refractivity contribution in [3.05, 3.63) is 12.8 Å². The van der Waals surface area contributed by atoms with Crippen molar-refractivity contribution >= 4 is 0 Å². The third-order valence-electron chi connectivity index (χ3n) is 1.37. The lowest BCUT2D eigenvalue weighted by Gasteiger charge is -2.19. The molecular weight excluding hydrogens is 140 g/mol. The number of rotatable bonds is 7. The van der Waals surface area contributed by atoms with Crippen LogP contribution in [-0.2, 0) is 4.74 Å². The van der Waals surface area contributed by atoms with Gasteiger partial charge < -0.3 is 10.2 Å². The molecule has 11 heavy (non-hydrogen) atoms. The predicted octanol–water partition coefficient (Wildman–Crippen LogP) is 0.993. The molecule has 0 spiro atoms. The van der Waals surface area contributed by atoms with E-state index in [0.717, 1.165) is 26.3 Å². The van der Waals surface area contributed by atoms with Crippen LogP contribution < -0.4 is 5.43 Å². The highest BCUT2D eigenvalue weighted by Crippen LogP contribution is 1.82. The van der Waals surface area contributed by atoms with E-state index in [-0.39, 0.29) is 0 Å². The molecule has 0 radical (unpaired) electrons. The highest BCUT2D eigenvalue weighted by Gasteiger charge is 1.96. The summed E-state index contributed by atoms with van der Waals surface area (Å²) in [7, 11) is 0. The zero-order valence-corrected chi connectivity index (χ0v) is 7.47. The van der Waals surface area contributed by atoms with Gasteiger partial charge >= 0.3 is 0 Å². The van der Waals surface area contributed by atoms with Crippen LogP contribution in [0.4, 0.5) is 0 Å². The molecule has 3 heteroatoms. The van der Waals surface area contributed by atoms with E-state index in [1.54, 1.807) is 6.20 Å². The molecule has 0 bridgehead atoms. The van der Waals surface area contributed by atoms with Gasteiger partial charge in [-0.3, -0.25) is 0 Å². The van der Waals surface area contributed by atoms with Gasteiger partial charge in [-0.05, 0) is 6.92 Å². The smallest absolute Gasteiger partial charge is 0.0611 e. The van der Waals surface area contributed by atoms with Crippen LogP contribution in [0.5, 0.6) is 0 Å². The number of ether oxygens (including phenoxy) is 1. The Morgan fingerprint density at radius 1 is 1.55 bits per heavy atom. The number of hydrazine groups is 1. The summed E-state index contributed by atoms with van der Waals surface area (Å²) in [6.07, 6.45) is 1.68. The molecule has 0 saturated carbocycles. The maximum absolute atomic E-state index is 5.20. The zero-order valence-electron chi connectivity index (χ0n) is 7.47. The molecule has 0 heterocycles. The molecule has 0 aromatic rings. The van der Waals surface area contributed by atoms with E-state index in [0.29, 0.717) is 0 Å². The van der Waals surface area contributed by atoms with Gasteiger partial charge in [-0.2, -0.15) is 0 Å². The highest BCUT2D eigenvalue weighted by molar-refractivity contribution is 4.61. The fourth-order valence-electron chi connectivity index (χ4n) is 0.762. The van der Waals surface area contributed by atoms with Crippen molar-refractivity contribution in [1.82, 2.24) is 10.4 Å². The van der Waals surface area contributed by atoms with Crippen LogP contribution in [0.1, 0.15) is 13.8 Å². The Morgan fingerprint density at radius 3 is 2.73 bits per heavy atom. The first-order valence-corrected chi connectivity index (χ1v) is 4.04. The monoisotopic (exact) mass is 158 g/mol. The van der Waals surface area contributed by atoms with Crippen molar-refractivity contribution in [2.24, 2.45) is 0 Å². The first-order valence-electron chi connectivity index (χ1n) is 4.04. The van der Waals surface area contributed by atoms with Crippen LogP contribution in [-0.4, -0.2) is 31.3 Å². The normalized spacial score (nSPS) is 10.1. The summed E-state index contributed by atoms with van der Waals surface area (Å²) in [6, 6.07) is 0. The Bertz CT molecular complexity index is 96.1. The zero-order chi connectivity index (χ0) is 8.53. The summed E-state index contributed by atoms with van der Waals surface area (Å²) < 4.78 is 5.20. The number of nitrogens with one attached hydrogen (secondary N) is 1. The van der Waals surface area contributed by atoms with E-state index < -0.39 is 0 Å². The molecule has 0 saturated heterocycles. The minimum absolute atomic E-state index is 0.769. The topological polar surface area (TPSA) is 24.5 Å². The molecule has 0 atom stereocenters. The molecule has 0 aromatic carbocycles. The molecule has 0 rings (SSSR count). The van der Waals surface area contributed by atoms with Crippen molar-refractivity contribution in [2.75, 3.05) is 26.3 Å². The molecule has 3 nitrogen and oxygen atoms in total. The lowest BCUT2D eigenvalue weighted by atomic mass is 10.6. The van der Waals surface area contributed by atoms with Crippen molar-refractivity contribution in [2.45, 2.75) is 13.8 Å². The summed E-state index contributed by atoms with van der Waals surface area (Å²) >= 11 is 0. The highest BCUT2D eigenvalue weighted by atomic mass is 16.5. The fourth-order valence-corrected chi connectivity index (χ4v) is 0.762. The molecule has 0 aliphatic rings. The van der Waals surface area contributed by atoms with Crippen molar-refractivity contribution in [3.63, 3.8) is 0 Å². The van der Waals surface area contributed by atoms with Gasteiger partial charge in [0.2, 0.25) is 0 Å². The second-order valence-corrected chi connectivity index (χ2v) is 2.11. The van der Waals surface area contributed by atoms with Gasteiger partial charge in [-0.1, -0.05) is 13.5 Å². The molecule has 0 fully saturated rings. The summed E-state index contributed by atoms with van der Waals surface area (Å²) in [6.45, 7) is 11.1. The molecule has 0 aliphatic carbocycles. The van der Waals surface area contributed by atoms with Gasteiger partial charge in [0.1, 0.15) is 0 Å². The minimum atomic E-state index is 0.769. The van der Waals surface area contributed by atoms with E-state index in [2.05, 4.69) is 18.9 Å². The summed E-state index contributed by atoms with van der Waals surface area (Å²) in [4.78, 5) is 0. The van der Waals surface area contributed by atoms with Gasteiger partial charge in [-0.25, -0.2) is 5.01 Å².